The van der Waals surface area contributed by atoms with E-state index in [1.807, 2.05) is 0 Å². The van der Waals surface area contributed by atoms with Gasteiger partial charge >= 0.3 is 0 Å². The van der Waals surface area contributed by atoms with E-state index >= 15 is 0 Å². The molecule has 1 heteroatoms. The Morgan fingerprint density at radius 2 is 0.733 bits per heavy atom. The van der Waals surface area contributed by atoms with Gasteiger partial charge in [0, 0.05) is 9.52 Å². The average Bonchev–Trinajstić information content (AvgIpc) is 1.76. The lowest BCUT2D eigenvalue weighted by Gasteiger charge is -2.61. The fourth-order valence-corrected chi connectivity index (χ4v) is 8.15. The fraction of sp³-hybridized carbons (Fsp3) is 1.00. The van der Waals surface area contributed by atoms with Crippen LogP contribution in [0.3, 0.4) is 0 Å². The topological polar surface area (TPSA) is 0 Å². The Bertz CT molecular complexity index is 171. The van der Waals surface area contributed by atoms with E-state index in [9.17, 15) is 0 Å². The van der Waals surface area contributed by atoms with Crippen LogP contribution in [0.5, 0.6) is 0 Å². The van der Waals surface area contributed by atoms with Gasteiger partial charge in [-0.25, -0.2) is 0 Å². The zero-order valence-corrected chi connectivity index (χ0v) is 14.1. The Kier molecular flexibility index (Phi) is 3.96. The van der Waals surface area contributed by atoms with Crippen molar-refractivity contribution in [3.05, 3.63) is 0 Å². The second-order valence-corrected chi connectivity index (χ2v) is 9.78. The lowest BCUT2D eigenvalue weighted by molar-refractivity contribution is 0.0211. The normalized spacial score (nSPS) is 16.4. The molecule has 92 valence electrons. The molecule has 0 saturated heterocycles. The van der Waals surface area contributed by atoms with Crippen molar-refractivity contribution in [1.29, 1.82) is 0 Å². The summed E-state index contributed by atoms with van der Waals surface area (Å²) in [5.41, 5.74) is 1.18. The third-order valence-electron chi connectivity index (χ3n) is 4.37. The summed E-state index contributed by atoms with van der Waals surface area (Å²) >= 11 is 0. The highest BCUT2D eigenvalue weighted by Gasteiger charge is 2.55. The molecule has 0 aliphatic carbocycles. The van der Waals surface area contributed by atoms with E-state index in [1.165, 1.54) is 0 Å². The molecule has 0 nitrogen and oxygen atoms in total. The monoisotopic (exact) mass is 228 g/mol. The molecule has 0 radical (unpaired) electrons. The summed E-state index contributed by atoms with van der Waals surface area (Å²) in [6.07, 6.45) is 0. The molecule has 0 aromatic rings. The first-order valence-corrected chi connectivity index (χ1v) is 8.43. The van der Waals surface area contributed by atoms with Crippen molar-refractivity contribution in [2.75, 3.05) is 0 Å². The van der Waals surface area contributed by atoms with Crippen LogP contribution in [-0.2, 0) is 0 Å². The third-order valence-corrected chi connectivity index (χ3v) is 8.61. The Hall–Kier alpha value is 0.217. The van der Waals surface area contributed by atoms with Crippen LogP contribution in [-0.4, -0.2) is 9.52 Å². The number of hydrogen-bond acceptors (Lipinski definition) is 0. The standard InChI is InChI=1S/C14H32Si/c1-11(2,3)14(15-10,12(4,5)6)13(7,8)9/h15H2,1-10H3. The van der Waals surface area contributed by atoms with Crippen LogP contribution in [0.1, 0.15) is 62.3 Å². The first-order valence-electron chi connectivity index (χ1n) is 6.31. The van der Waals surface area contributed by atoms with Gasteiger partial charge in [-0.05, 0) is 21.3 Å². The van der Waals surface area contributed by atoms with Crippen LogP contribution >= 0.6 is 0 Å². The first kappa shape index (κ1) is 15.2. The van der Waals surface area contributed by atoms with Crippen molar-refractivity contribution in [1.82, 2.24) is 0 Å². The predicted octanol–water partition coefficient (Wildman–Crippen LogP) is 4.50. The molecule has 15 heavy (non-hydrogen) atoms. The van der Waals surface area contributed by atoms with Gasteiger partial charge in [0.05, 0.1) is 0 Å². The highest BCUT2D eigenvalue weighted by molar-refractivity contribution is 6.39. The molecular weight excluding hydrogens is 196 g/mol. The van der Waals surface area contributed by atoms with Gasteiger partial charge in [-0.2, -0.15) is 0 Å². The van der Waals surface area contributed by atoms with Crippen LogP contribution in [0.25, 0.3) is 0 Å². The van der Waals surface area contributed by atoms with Gasteiger partial charge < -0.3 is 0 Å². The molecule has 0 amide bonds. The Labute approximate surface area is 100 Å². The highest BCUT2D eigenvalue weighted by atomic mass is 28.2. The second-order valence-electron chi connectivity index (χ2n) is 8.01. The maximum absolute atomic E-state index is 2.49. The van der Waals surface area contributed by atoms with E-state index in [0.29, 0.717) is 21.3 Å². The van der Waals surface area contributed by atoms with E-state index in [1.54, 1.807) is 0 Å². The predicted molar refractivity (Wildman–Crippen MR) is 75.5 cm³/mol. The molecule has 0 aromatic heterocycles. The maximum Gasteiger partial charge on any atom is 0.0260 e. The van der Waals surface area contributed by atoms with Gasteiger partial charge in [0.1, 0.15) is 0 Å². The van der Waals surface area contributed by atoms with Crippen molar-refractivity contribution in [3.63, 3.8) is 0 Å². The quantitative estimate of drug-likeness (QED) is 0.580. The maximum atomic E-state index is 2.49. The first-order chi connectivity index (χ1) is 6.31. The largest absolute Gasteiger partial charge is 0.0743 e. The van der Waals surface area contributed by atoms with Crippen molar-refractivity contribution in [2.24, 2.45) is 16.2 Å². The summed E-state index contributed by atoms with van der Waals surface area (Å²) in [7, 11) is -0.0914. The van der Waals surface area contributed by atoms with Crippen LogP contribution in [0.15, 0.2) is 0 Å². The molecule has 0 spiro atoms. The summed E-state index contributed by atoms with van der Waals surface area (Å²) in [5.74, 6) is 0. The molecule has 0 saturated carbocycles. The molecule has 0 aliphatic rings. The van der Waals surface area contributed by atoms with E-state index in [0.717, 1.165) is 0 Å². The molecule has 0 aliphatic heterocycles. The Morgan fingerprint density at radius 1 is 0.533 bits per heavy atom. The van der Waals surface area contributed by atoms with Gasteiger partial charge in [0.2, 0.25) is 0 Å². The Morgan fingerprint density at radius 3 is 0.733 bits per heavy atom. The summed E-state index contributed by atoms with van der Waals surface area (Å²) < 4.78 is 0. The average molecular weight is 228 g/mol. The van der Waals surface area contributed by atoms with E-state index < -0.39 is 0 Å². The molecule has 0 bridgehead atoms. The highest BCUT2D eigenvalue weighted by Crippen LogP contribution is 2.66. The molecule has 0 heterocycles. The summed E-state index contributed by atoms with van der Waals surface area (Å²) in [4.78, 5) is 0. The second kappa shape index (κ2) is 3.91. The SMILES string of the molecule is C[SiH2]C(C(C)(C)C)(C(C)(C)C)C(C)(C)C. The lowest BCUT2D eigenvalue weighted by atomic mass is 9.55. The Balaban J connectivity index is 5.78. The summed E-state index contributed by atoms with van der Waals surface area (Å²) in [5, 5.41) is 0.493. The molecule has 0 N–H and O–H groups in total. The minimum absolute atomic E-state index is 0.0914. The van der Waals surface area contributed by atoms with E-state index in [-0.39, 0.29) is 9.52 Å². The van der Waals surface area contributed by atoms with Gasteiger partial charge in [0.15, 0.2) is 0 Å². The molecule has 0 rings (SSSR count). The minimum Gasteiger partial charge on any atom is -0.0743 e. The van der Waals surface area contributed by atoms with E-state index in [2.05, 4.69) is 68.9 Å². The van der Waals surface area contributed by atoms with Crippen LogP contribution < -0.4 is 0 Å². The van der Waals surface area contributed by atoms with Crippen molar-refractivity contribution in [2.45, 2.75) is 73.9 Å². The number of rotatable bonds is 1. The van der Waals surface area contributed by atoms with Gasteiger partial charge in [-0.15, -0.1) is 0 Å². The van der Waals surface area contributed by atoms with Crippen LogP contribution in [0.4, 0.5) is 0 Å². The van der Waals surface area contributed by atoms with Crippen molar-refractivity contribution < 1.29 is 0 Å². The summed E-state index contributed by atoms with van der Waals surface area (Å²) in [6, 6.07) is 0. The van der Waals surface area contributed by atoms with Crippen LogP contribution in [0, 0.1) is 16.2 Å². The smallest absolute Gasteiger partial charge is 0.0260 e. The van der Waals surface area contributed by atoms with E-state index in [4.69, 9.17) is 0 Å². The van der Waals surface area contributed by atoms with Gasteiger partial charge in [0.25, 0.3) is 0 Å². The van der Waals surface area contributed by atoms with Crippen molar-refractivity contribution >= 4 is 9.52 Å². The van der Waals surface area contributed by atoms with Gasteiger partial charge in [-0.1, -0.05) is 68.9 Å². The molecule has 0 fully saturated rings. The molecular formula is C14H32Si. The molecule has 0 atom stereocenters. The molecule has 0 unspecified atom stereocenters. The zero-order chi connectivity index (χ0) is 12.7. The lowest BCUT2D eigenvalue weighted by Crippen LogP contribution is -2.51. The fourth-order valence-electron chi connectivity index (χ4n) is 4.97. The summed E-state index contributed by atoms with van der Waals surface area (Å²) in [6.45, 7) is 24.4. The van der Waals surface area contributed by atoms with Crippen LogP contribution in [0.2, 0.25) is 11.6 Å². The number of hydrogen-bond donors (Lipinski definition) is 0. The van der Waals surface area contributed by atoms with Gasteiger partial charge in [-0.3, -0.25) is 0 Å². The minimum atomic E-state index is -0.0914. The third kappa shape index (κ3) is 2.32. The van der Waals surface area contributed by atoms with Crippen molar-refractivity contribution in [3.8, 4) is 0 Å². The zero-order valence-electron chi connectivity index (χ0n) is 12.7. The molecule has 0 aromatic carbocycles.